The van der Waals surface area contributed by atoms with E-state index in [0.29, 0.717) is 5.69 Å². The van der Waals surface area contributed by atoms with Crippen LogP contribution in [-0.4, -0.2) is 27.0 Å². The van der Waals surface area contributed by atoms with Crippen LogP contribution in [-0.2, 0) is 4.79 Å². The summed E-state index contributed by atoms with van der Waals surface area (Å²) in [6.45, 7) is 3.65. The van der Waals surface area contributed by atoms with Gasteiger partial charge >= 0.3 is 5.97 Å². The number of carboxylic acid groups (broad SMARTS) is 1. The first kappa shape index (κ1) is 15.6. The molecule has 0 aliphatic rings. The Morgan fingerprint density at radius 2 is 1.91 bits per heavy atom. The van der Waals surface area contributed by atoms with Crippen molar-refractivity contribution in [3.63, 3.8) is 0 Å². The lowest BCUT2D eigenvalue weighted by atomic mass is 9.98. The minimum absolute atomic E-state index is 0.162. The van der Waals surface area contributed by atoms with E-state index in [1.54, 1.807) is 6.92 Å². The summed E-state index contributed by atoms with van der Waals surface area (Å²) >= 11 is 0. The van der Waals surface area contributed by atoms with E-state index in [9.17, 15) is 9.59 Å². The van der Waals surface area contributed by atoms with Crippen LogP contribution < -0.4 is 5.32 Å². The Labute approximate surface area is 128 Å². The number of hydrogen-bond acceptors (Lipinski definition) is 4. The molecule has 2 aromatic rings. The molecule has 0 bridgehead atoms. The van der Waals surface area contributed by atoms with Gasteiger partial charge in [0, 0.05) is 6.20 Å². The first-order valence-electron chi connectivity index (χ1n) is 6.84. The molecule has 2 rings (SSSR count). The lowest BCUT2D eigenvalue weighted by molar-refractivity contribution is -0.137. The molecule has 114 valence electrons. The van der Waals surface area contributed by atoms with Gasteiger partial charge in [0.1, 0.15) is 5.69 Å². The summed E-state index contributed by atoms with van der Waals surface area (Å²) in [6, 6.07) is 6.75. The van der Waals surface area contributed by atoms with Crippen molar-refractivity contribution in [2.24, 2.45) is 0 Å². The van der Waals surface area contributed by atoms with Crippen molar-refractivity contribution >= 4 is 11.9 Å². The summed E-state index contributed by atoms with van der Waals surface area (Å²) < 4.78 is 0. The molecule has 1 atom stereocenters. The van der Waals surface area contributed by atoms with E-state index in [-0.39, 0.29) is 12.1 Å². The maximum absolute atomic E-state index is 12.2. The Kier molecular flexibility index (Phi) is 4.83. The van der Waals surface area contributed by atoms with Crippen LogP contribution >= 0.6 is 0 Å². The lowest BCUT2D eigenvalue weighted by Gasteiger charge is -2.19. The van der Waals surface area contributed by atoms with Gasteiger partial charge in [-0.05, 0) is 25.0 Å². The van der Waals surface area contributed by atoms with Crippen LogP contribution in [0.4, 0.5) is 0 Å². The summed E-state index contributed by atoms with van der Waals surface area (Å²) in [6.07, 6.45) is 2.67. The quantitative estimate of drug-likeness (QED) is 0.881. The molecule has 0 saturated carbocycles. The van der Waals surface area contributed by atoms with Gasteiger partial charge in [0.15, 0.2) is 0 Å². The average Bonchev–Trinajstić information content (AvgIpc) is 2.47. The lowest BCUT2D eigenvalue weighted by Crippen LogP contribution is -2.31. The Morgan fingerprint density at radius 1 is 1.18 bits per heavy atom. The van der Waals surface area contributed by atoms with E-state index >= 15 is 0 Å². The van der Waals surface area contributed by atoms with E-state index in [1.165, 1.54) is 12.4 Å². The van der Waals surface area contributed by atoms with Crippen molar-refractivity contribution < 1.29 is 14.7 Å². The second kappa shape index (κ2) is 6.80. The zero-order valence-corrected chi connectivity index (χ0v) is 12.4. The number of rotatable bonds is 5. The summed E-state index contributed by atoms with van der Waals surface area (Å²) in [5.41, 5.74) is 2.56. The molecule has 1 amide bonds. The monoisotopic (exact) mass is 299 g/mol. The number of carboxylic acids is 1. The van der Waals surface area contributed by atoms with Crippen LogP contribution in [0.15, 0.2) is 36.7 Å². The second-order valence-electron chi connectivity index (χ2n) is 5.02. The van der Waals surface area contributed by atoms with Gasteiger partial charge in [0.2, 0.25) is 0 Å². The molecule has 0 aliphatic heterocycles. The third kappa shape index (κ3) is 3.88. The van der Waals surface area contributed by atoms with Gasteiger partial charge in [-0.1, -0.05) is 24.3 Å². The Balaban J connectivity index is 2.23. The Hall–Kier alpha value is -2.76. The standard InChI is InChI=1S/C16H17N3O3/c1-10-5-3-4-6-12(10)13(7-15(20)21)19-16(22)14-9-17-11(2)8-18-14/h3-6,8-9,13H,7H2,1-2H3,(H,19,22)(H,20,21). The molecular weight excluding hydrogens is 282 g/mol. The molecule has 22 heavy (non-hydrogen) atoms. The average molecular weight is 299 g/mol. The third-order valence-electron chi connectivity index (χ3n) is 3.26. The second-order valence-corrected chi connectivity index (χ2v) is 5.02. The highest BCUT2D eigenvalue weighted by atomic mass is 16.4. The van der Waals surface area contributed by atoms with Crippen molar-refractivity contribution in [1.82, 2.24) is 15.3 Å². The molecule has 0 fully saturated rings. The molecule has 0 radical (unpaired) electrons. The number of carbonyl (C=O) groups is 2. The highest BCUT2D eigenvalue weighted by Gasteiger charge is 2.20. The first-order valence-corrected chi connectivity index (χ1v) is 6.84. The number of nitrogens with one attached hydrogen (secondary N) is 1. The number of hydrogen-bond donors (Lipinski definition) is 2. The molecule has 0 aliphatic carbocycles. The molecule has 0 saturated heterocycles. The zero-order valence-electron chi connectivity index (χ0n) is 12.4. The van der Waals surface area contributed by atoms with Gasteiger partial charge in [0.05, 0.1) is 24.4 Å². The van der Waals surface area contributed by atoms with Crippen LogP contribution in [0.2, 0.25) is 0 Å². The zero-order chi connectivity index (χ0) is 16.1. The minimum atomic E-state index is -0.983. The fourth-order valence-electron chi connectivity index (χ4n) is 2.13. The molecule has 2 N–H and O–H groups in total. The summed E-state index contributed by atoms with van der Waals surface area (Å²) in [7, 11) is 0. The Bertz CT molecular complexity index is 683. The summed E-state index contributed by atoms with van der Waals surface area (Å²) in [5, 5.41) is 11.8. The van der Waals surface area contributed by atoms with Gasteiger partial charge < -0.3 is 10.4 Å². The maximum Gasteiger partial charge on any atom is 0.305 e. The van der Waals surface area contributed by atoms with Crippen LogP contribution in [0.5, 0.6) is 0 Å². The van der Waals surface area contributed by atoms with Gasteiger partial charge in [-0.15, -0.1) is 0 Å². The van der Waals surface area contributed by atoms with Crippen LogP contribution in [0.25, 0.3) is 0 Å². The van der Waals surface area contributed by atoms with Crippen molar-refractivity contribution in [3.8, 4) is 0 Å². The number of nitrogens with zero attached hydrogens (tertiary/aromatic N) is 2. The van der Waals surface area contributed by atoms with E-state index in [2.05, 4.69) is 15.3 Å². The van der Waals surface area contributed by atoms with Crippen molar-refractivity contribution in [2.75, 3.05) is 0 Å². The predicted molar refractivity (Wildman–Crippen MR) is 80.4 cm³/mol. The van der Waals surface area contributed by atoms with E-state index in [1.807, 2.05) is 31.2 Å². The highest BCUT2D eigenvalue weighted by molar-refractivity contribution is 5.92. The minimum Gasteiger partial charge on any atom is -0.481 e. The smallest absolute Gasteiger partial charge is 0.305 e. The predicted octanol–water partition coefficient (Wildman–Crippen LogP) is 2.04. The fourth-order valence-corrected chi connectivity index (χ4v) is 2.13. The molecule has 1 aromatic heterocycles. The number of aliphatic carboxylic acids is 1. The van der Waals surface area contributed by atoms with Crippen molar-refractivity contribution in [3.05, 3.63) is 59.2 Å². The number of amides is 1. The number of aryl methyl sites for hydroxylation is 2. The molecule has 1 unspecified atom stereocenters. The molecule has 6 heteroatoms. The Morgan fingerprint density at radius 3 is 2.50 bits per heavy atom. The third-order valence-corrected chi connectivity index (χ3v) is 3.26. The van der Waals surface area contributed by atoms with Crippen molar-refractivity contribution in [2.45, 2.75) is 26.3 Å². The molecular formula is C16H17N3O3. The van der Waals surface area contributed by atoms with E-state index < -0.39 is 17.9 Å². The molecule has 1 aromatic carbocycles. The largest absolute Gasteiger partial charge is 0.481 e. The van der Waals surface area contributed by atoms with Crippen LogP contribution in [0.3, 0.4) is 0 Å². The van der Waals surface area contributed by atoms with Gasteiger partial charge in [-0.25, -0.2) is 4.98 Å². The van der Waals surface area contributed by atoms with E-state index in [4.69, 9.17) is 5.11 Å². The van der Waals surface area contributed by atoms with Crippen LogP contribution in [0, 0.1) is 13.8 Å². The fraction of sp³-hybridized carbons (Fsp3) is 0.250. The maximum atomic E-state index is 12.2. The highest BCUT2D eigenvalue weighted by Crippen LogP contribution is 2.21. The van der Waals surface area contributed by atoms with E-state index in [0.717, 1.165) is 11.1 Å². The number of benzene rings is 1. The summed E-state index contributed by atoms with van der Waals surface area (Å²) in [5.74, 6) is -1.43. The van der Waals surface area contributed by atoms with Gasteiger partial charge in [0.25, 0.3) is 5.91 Å². The van der Waals surface area contributed by atoms with Crippen molar-refractivity contribution in [1.29, 1.82) is 0 Å². The summed E-state index contributed by atoms with van der Waals surface area (Å²) in [4.78, 5) is 31.3. The molecule has 0 spiro atoms. The first-order chi connectivity index (χ1) is 10.5. The topological polar surface area (TPSA) is 92.2 Å². The van der Waals surface area contributed by atoms with Gasteiger partial charge in [-0.2, -0.15) is 0 Å². The molecule has 6 nitrogen and oxygen atoms in total. The number of aromatic nitrogens is 2. The molecule has 1 heterocycles. The SMILES string of the molecule is Cc1cnc(C(=O)NC(CC(=O)O)c2ccccc2C)cn1. The normalized spacial score (nSPS) is 11.7. The number of carbonyl (C=O) groups excluding carboxylic acids is 1. The van der Waals surface area contributed by atoms with Crippen LogP contribution in [0.1, 0.15) is 39.8 Å². The van der Waals surface area contributed by atoms with Gasteiger partial charge in [-0.3, -0.25) is 14.6 Å².